The smallest absolute Gasteiger partial charge is 0.242 e. The molecule has 5 nitrogen and oxygen atoms in total. The Kier molecular flexibility index (Phi) is 5.47. The number of hydrogen-bond acceptors (Lipinski definition) is 3. The maximum absolute atomic E-state index is 12.6. The van der Waals surface area contributed by atoms with Crippen LogP contribution in [0.4, 0.5) is 5.69 Å². The molecule has 1 amide bonds. The molecule has 0 radical (unpaired) electrons. The van der Waals surface area contributed by atoms with Crippen molar-refractivity contribution in [1.82, 2.24) is 4.31 Å². The average molecular weight is 338 g/mol. The Morgan fingerprint density at radius 2 is 2.04 bits per heavy atom. The summed E-state index contributed by atoms with van der Waals surface area (Å²) in [6.07, 6.45) is 2.94. The van der Waals surface area contributed by atoms with Crippen LogP contribution < -0.4 is 4.90 Å². The molecule has 6 heteroatoms. The molecule has 0 saturated heterocycles. The highest BCUT2D eigenvalue weighted by Crippen LogP contribution is 2.34. The third kappa shape index (κ3) is 3.43. The van der Waals surface area contributed by atoms with Crippen molar-refractivity contribution >= 4 is 21.6 Å². The topological polar surface area (TPSA) is 57.7 Å². The molecule has 0 aromatic heterocycles. The highest BCUT2D eigenvalue weighted by molar-refractivity contribution is 7.89. The summed E-state index contributed by atoms with van der Waals surface area (Å²) in [5, 5.41) is 0. The minimum atomic E-state index is -3.46. The number of carbonyl (C=O) groups is 1. The molecule has 0 bridgehead atoms. The third-order valence-corrected chi connectivity index (χ3v) is 6.23. The van der Waals surface area contributed by atoms with Crippen LogP contribution in [0.2, 0.25) is 0 Å². The summed E-state index contributed by atoms with van der Waals surface area (Å²) in [6.45, 7) is 6.40. The molecule has 1 aliphatic rings. The van der Waals surface area contributed by atoms with Crippen molar-refractivity contribution in [3.05, 3.63) is 23.8 Å². The summed E-state index contributed by atoms with van der Waals surface area (Å²) in [4.78, 5) is 14.2. The number of sulfonamides is 1. The molecular weight excluding hydrogens is 312 g/mol. The number of hydrogen-bond donors (Lipinski definition) is 0. The van der Waals surface area contributed by atoms with Crippen LogP contribution in [0.25, 0.3) is 0 Å². The van der Waals surface area contributed by atoms with Gasteiger partial charge in [0.05, 0.1) is 4.90 Å². The van der Waals surface area contributed by atoms with Gasteiger partial charge in [0.25, 0.3) is 0 Å². The van der Waals surface area contributed by atoms with Crippen LogP contribution in [0.15, 0.2) is 23.1 Å². The van der Waals surface area contributed by atoms with E-state index in [1.54, 1.807) is 30.1 Å². The number of anilines is 1. The Morgan fingerprint density at radius 3 is 2.65 bits per heavy atom. The molecule has 23 heavy (non-hydrogen) atoms. The molecule has 1 atom stereocenters. The first-order chi connectivity index (χ1) is 10.8. The van der Waals surface area contributed by atoms with E-state index >= 15 is 0 Å². The summed E-state index contributed by atoms with van der Waals surface area (Å²) < 4.78 is 26.7. The Balaban J connectivity index is 2.33. The van der Waals surface area contributed by atoms with Crippen molar-refractivity contribution in [3.8, 4) is 0 Å². The maximum atomic E-state index is 12.6. The van der Waals surface area contributed by atoms with Gasteiger partial charge < -0.3 is 4.90 Å². The van der Waals surface area contributed by atoms with Crippen LogP contribution >= 0.6 is 0 Å². The standard InChI is InChI=1S/C17H26N2O3S/c1-5-7-10-18(4)23(21,22)15-8-9-16-14(12-15)11-13(3)19(16)17(20)6-2/h8-9,12-13H,5-7,10-11H2,1-4H3/t13-/m0/s1. The van der Waals surface area contributed by atoms with E-state index < -0.39 is 10.0 Å². The van der Waals surface area contributed by atoms with Crippen molar-refractivity contribution in [2.24, 2.45) is 0 Å². The second-order valence-electron chi connectivity index (χ2n) is 6.14. The second kappa shape index (κ2) is 7.01. The van der Waals surface area contributed by atoms with Crippen LogP contribution in [0.3, 0.4) is 0 Å². The Hall–Kier alpha value is -1.40. The zero-order valence-electron chi connectivity index (χ0n) is 14.4. The van der Waals surface area contributed by atoms with Gasteiger partial charge in [-0.2, -0.15) is 0 Å². The predicted octanol–water partition coefficient (Wildman–Crippen LogP) is 2.79. The fourth-order valence-corrected chi connectivity index (χ4v) is 4.26. The van der Waals surface area contributed by atoms with Gasteiger partial charge >= 0.3 is 0 Å². The molecule has 1 aliphatic heterocycles. The molecule has 128 valence electrons. The first-order valence-electron chi connectivity index (χ1n) is 8.24. The number of nitrogens with zero attached hydrogens (tertiary/aromatic N) is 2. The lowest BCUT2D eigenvalue weighted by atomic mass is 10.1. The van der Waals surface area contributed by atoms with Crippen LogP contribution in [0, 0.1) is 0 Å². The van der Waals surface area contributed by atoms with E-state index in [0.29, 0.717) is 24.3 Å². The number of unbranched alkanes of at least 4 members (excludes halogenated alkanes) is 1. The van der Waals surface area contributed by atoms with Gasteiger partial charge in [-0.05, 0) is 43.5 Å². The third-order valence-electron chi connectivity index (χ3n) is 4.37. The van der Waals surface area contributed by atoms with Gasteiger partial charge in [-0.25, -0.2) is 12.7 Å². The minimum absolute atomic E-state index is 0.0759. The molecular formula is C17H26N2O3S. The normalized spacial score (nSPS) is 17.6. The van der Waals surface area contributed by atoms with E-state index in [1.165, 1.54) is 4.31 Å². The van der Waals surface area contributed by atoms with Gasteiger partial charge in [-0.3, -0.25) is 4.79 Å². The predicted molar refractivity (Wildman–Crippen MR) is 92.1 cm³/mol. The molecule has 1 aromatic carbocycles. The van der Waals surface area contributed by atoms with Gasteiger partial charge in [-0.15, -0.1) is 0 Å². The monoisotopic (exact) mass is 338 g/mol. The summed E-state index contributed by atoms with van der Waals surface area (Å²) in [6, 6.07) is 5.19. The highest BCUT2D eigenvalue weighted by atomic mass is 32.2. The summed E-state index contributed by atoms with van der Waals surface area (Å²) in [5.74, 6) is 0.0759. The Bertz CT molecular complexity index is 685. The van der Waals surface area contributed by atoms with Gasteiger partial charge in [0.15, 0.2) is 0 Å². The molecule has 0 aliphatic carbocycles. The van der Waals surface area contributed by atoms with E-state index in [2.05, 4.69) is 0 Å². The van der Waals surface area contributed by atoms with Gasteiger partial charge in [0.1, 0.15) is 0 Å². The maximum Gasteiger partial charge on any atom is 0.242 e. The van der Waals surface area contributed by atoms with Crippen molar-refractivity contribution in [1.29, 1.82) is 0 Å². The van der Waals surface area contributed by atoms with Crippen molar-refractivity contribution in [3.63, 3.8) is 0 Å². The zero-order valence-corrected chi connectivity index (χ0v) is 15.2. The van der Waals surface area contributed by atoms with Crippen molar-refractivity contribution < 1.29 is 13.2 Å². The fourth-order valence-electron chi connectivity index (χ4n) is 3.00. The van der Waals surface area contributed by atoms with Crippen LogP contribution in [-0.4, -0.2) is 38.3 Å². The lowest BCUT2D eigenvalue weighted by Gasteiger charge is -2.22. The Morgan fingerprint density at radius 1 is 1.35 bits per heavy atom. The molecule has 0 N–H and O–H groups in total. The molecule has 0 unspecified atom stereocenters. The molecule has 0 fully saturated rings. The van der Waals surface area contributed by atoms with Crippen LogP contribution in [-0.2, 0) is 21.2 Å². The van der Waals surface area contributed by atoms with Gasteiger partial charge in [0, 0.05) is 31.7 Å². The summed E-state index contributed by atoms with van der Waals surface area (Å²) in [5.41, 5.74) is 1.78. The first-order valence-corrected chi connectivity index (χ1v) is 9.68. The summed E-state index contributed by atoms with van der Waals surface area (Å²) in [7, 11) is -1.84. The van der Waals surface area contributed by atoms with E-state index in [4.69, 9.17) is 0 Å². The number of fused-ring (bicyclic) bond motifs is 1. The zero-order chi connectivity index (χ0) is 17.2. The largest absolute Gasteiger partial charge is 0.309 e. The second-order valence-corrected chi connectivity index (χ2v) is 8.19. The SMILES string of the molecule is CCCCN(C)S(=O)(=O)c1ccc2c(c1)C[C@H](C)N2C(=O)CC. The molecule has 0 spiro atoms. The lowest BCUT2D eigenvalue weighted by molar-refractivity contribution is -0.118. The number of benzene rings is 1. The van der Waals surface area contributed by atoms with Crippen LogP contribution in [0.1, 0.15) is 45.6 Å². The molecule has 1 heterocycles. The van der Waals surface area contributed by atoms with Crippen molar-refractivity contribution in [2.45, 2.75) is 57.4 Å². The van der Waals surface area contributed by atoms with Crippen LogP contribution in [0.5, 0.6) is 0 Å². The van der Waals surface area contributed by atoms with E-state index in [1.807, 2.05) is 20.8 Å². The van der Waals surface area contributed by atoms with Gasteiger partial charge in [0.2, 0.25) is 15.9 Å². The average Bonchev–Trinajstić information content (AvgIpc) is 2.86. The van der Waals surface area contributed by atoms with Gasteiger partial charge in [-0.1, -0.05) is 20.3 Å². The quantitative estimate of drug-likeness (QED) is 0.801. The number of amides is 1. The van der Waals surface area contributed by atoms with E-state index in [9.17, 15) is 13.2 Å². The highest BCUT2D eigenvalue weighted by Gasteiger charge is 2.31. The molecule has 1 aromatic rings. The molecule has 2 rings (SSSR count). The Labute approximate surface area is 139 Å². The molecule has 0 saturated carbocycles. The van der Waals surface area contributed by atoms with E-state index in [0.717, 1.165) is 24.1 Å². The first kappa shape index (κ1) is 17.9. The summed E-state index contributed by atoms with van der Waals surface area (Å²) >= 11 is 0. The number of carbonyl (C=O) groups excluding carboxylic acids is 1. The minimum Gasteiger partial charge on any atom is -0.309 e. The number of rotatable bonds is 6. The fraction of sp³-hybridized carbons (Fsp3) is 0.588. The van der Waals surface area contributed by atoms with E-state index in [-0.39, 0.29) is 11.9 Å². The lowest BCUT2D eigenvalue weighted by Crippen LogP contribution is -2.35. The van der Waals surface area contributed by atoms with Crippen molar-refractivity contribution in [2.75, 3.05) is 18.5 Å².